The molecule has 0 radical (unpaired) electrons. The normalized spacial score (nSPS) is 32.4. The molecule has 1 aromatic heterocycles. The highest BCUT2D eigenvalue weighted by Crippen LogP contribution is 2.32. The molecule has 1 aromatic rings. The summed E-state index contributed by atoms with van der Waals surface area (Å²) in [7, 11) is 2.08. The van der Waals surface area contributed by atoms with Crippen LogP contribution >= 0.6 is 27.3 Å². The van der Waals surface area contributed by atoms with Gasteiger partial charge in [0.25, 0.3) is 0 Å². The predicted molar refractivity (Wildman–Crippen MR) is 67.4 cm³/mol. The van der Waals surface area contributed by atoms with Crippen LogP contribution in [0.15, 0.2) is 15.9 Å². The Balaban J connectivity index is 2.06. The van der Waals surface area contributed by atoms with Crippen LogP contribution in [-0.4, -0.2) is 35.2 Å². The van der Waals surface area contributed by atoms with Crippen molar-refractivity contribution in [3.63, 3.8) is 0 Å². The molecule has 84 valence electrons. The van der Waals surface area contributed by atoms with E-state index in [9.17, 15) is 5.11 Å². The van der Waals surface area contributed by atoms with Crippen LogP contribution in [0.2, 0.25) is 0 Å². The largest absolute Gasteiger partial charge is 0.388 e. The maximum absolute atomic E-state index is 10.4. The average molecular weight is 290 g/mol. The standard InChI is InChI=1S/C11H16BrNOS/c1-8-5-11(14,7-13(8)2)6-9-3-4-10(12)15-9/h3-4,8,14H,5-7H2,1-2H3. The summed E-state index contributed by atoms with van der Waals surface area (Å²) in [5.41, 5.74) is -0.529. The van der Waals surface area contributed by atoms with Gasteiger partial charge >= 0.3 is 0 Å². The van der Waals surface area contributed by atoms with E-state index in [0.29, 0.717) is 6.04 Å². The van der Waals surface area contributed by atoms with Crippen molar-refractivity contribution < 1.29 is 5.11 Å². The molecule has 1 aliphatic rings. The summed E-state index contributed by atoms with van der Waals surface area (Å²) in [6, 6.07) is 4.62. The van der Waals surface area contributed by atoms with Gasteiger partial charge in [-0.3, -0.25) is 0 Å². The molecule has 2 heterocycles. The van der Waals surface area contributed by atoms with Gasteiger partial charge in [-0.1, -0.05) is 0 Å². The Morgan fingerprint density at radius 1 is 1.67 bits per heavy atom. The molecule has 0 bridgehead atoms. The zero-order valence-electron chi connectivity index (χ0n) is 9.03. The van der Waals surface area contributed by atoms with Crippen LogP contribution in [-0.2, 0) is 6.42 Å². The Labute approximate surface area is 103 Å². The number of β-amino-alcohol motifs (C(OH)–C–C–N with tert-alkyl or cyclic N) is 1. The number of halogens is 1. The fraction of sp³-hybridized carbons (Fsp3) is 0.636. The van der Waals surface area contributed by atoms with Crippen molar-refractivity contribution in [3.05, 3.63) is 20.8 Å². The summed E-state index contributed by atoms with van der Waals surface area (Å²) in [5.74, 6) is 0. The third-order valence-electron chi connectivity index (χ3n) is 3.10. The SMILES string of the molecule is CC1CC(O)(Cc2ccc(Br)s2)CN1C. The van der Waals surface area contributed by atoms with Gasteiger partial charge in [-0.2, -0.15) is 0 Å². The molecule has 0 amide bonds. The summed E-state index contributed by atoms with van der Waals surface area (Å²) in [4.78, 5) is 3.48. The van der Waals surface area contributed by atoms with Crippen molar-refractivity contribution in [2.75, 3.05) is 13.6 Å². The first kappa shape index (κ1) is 11.6. The van der Waals surface area contributed by atoms with Crippen molar-refractivity contribution in [3.8, 4) is 0 Å². The number of likely N-dealkylation sites (tertiary alicyclic amines) is 1. The second-order valence-electron chi connectivity index (χ2n) is 4.58. The maximum atomic E-state index is 10.4. The molecule has 15 heavy (non-hydrogen) atoms. The van der Waals surface area contributed by atoms with Crippen molar-refractivity contribution >= 4 is 27.3 Å². The van der Waals surface area contributed by atoms with Gasteiger partial charge in [0.1, 0.15) is 0 Å². The third kappa shape index (κ3) is 2.61. The monoisotopic (exact) mass is 289 g/mol. The number of rotatable bonds is 2. The zero-order chi connectivity index (χ0) is 11.1. The molecule has 2 nitrogen and oxygen atoms in total. The van der Waals surface area contributed by atoms with Crippen LogP contribution in [0.3, 0.4) is 0 Å². The molecule has 0 aliphatic carbocycles. The van der Waals surface area contributed by atoms with Gasteiger partial charge in [-0.25, -0.2) is 0 Å². The van der Waals surface area contributed by atoms with Crippen LogP contribution in [0.25, 0.3) is 0 Å². The molecule has 2 rings (SSSR count). The van der Waals surface area contributed by atoms with E-state index < -0.39 is 5.60 Å². The highest BCUT2D eigenvalue weighted by molar-refractivity contribution is 9.11. The van der Waals surface area contributed by atoms with Crippen LogP contribution in [0.1, 0.15) is 18.2 Å². The third-order valence-corrected chi connectivity index (χ3v) is 4.73. The Bertz CT molecular complexity index is 342. The van der Waals surface area contributed by atoms with Crippen LogP contribution in [0, 0.1) is 0 Å². The van der Waals surface area contributed by atoms with E-state index in [2.05, 4.69) is 40.9 Å². The first-order valence-electron chi connectivity index (χ1n) is 5.15. The van der Waals surface area contributed by atoms with Crippen LogP contribution in [0.5, 0.6) is 0 Å². The molecule has 0 spiro atoms. The molecule has 1 aliphatic heterocycles. The van der Waals surface area contributed by atoms with E-state index in [1.165, 1.54) is 4.88 Å². The highest BCUT2D eigenvalue weighted by Gasteiger charge is 2.39. The highest BCUT2D eigenvalue weighted by atomic mass is 79.9. The molecule has 0 saturated carbocycles. The minimum atomic E-state index is -0.529. The molecule has 4 heteroatoms. The maximum Gasteiger partial charge on any atom is 0.0836 e. The summed E-state index contributed by atoms with van der Waals surface area (Å²) in [5, 5.41) is 10.4. The molecule has 2 atom stereocenters. The minimum absolute atomic E-state index is 0.485. The Hall–Kier alpha value is 0.1000. The second kappa shape index (κ2) is 4.17. The minimum Gasteiger partial charge on any atom is -0.388 e. The molecular formula is C11H16BrNOS. The summed E-state index contributed by atoms with van der Waals surface area (Å²) >= 11 is 5.16. The van der Waals surface area contributed by atoms with Gasteiger partial charge in [0, 0.05) is 23.9 Å². The average Bonchev–Trinajstić information content (AvgIpc) is 2.59. The van der Waals surface area contributed by atoms with Crippen molar-refractivity contribution in [2.45, 2.75) is 31.4 Å². The first-order valence-corrected chi connectivity index (χ1v) is 6.76. The molecule has 1 fully saturated rings. The van der Waals surface area contributed by atoms with Gasteiger partial charge in [0.15, 0.2) is 0 Å². The fourth-order valence-electron chi connectivity index (χ4n) is 2.29. The van der Waals surface area contributed by atoms with Gasteiger partial charge in [0.2, 0.25) is 0 Å². The smallest absolute Gasteiger partial charge is 0.0836 e. The van der Waals surface area contributed by atoms with E-state index in [0.717, 1.165) is 23.2 Å². The lowest BCUT2D eigenvalue weighted by Gasteiger charge is -2.21. The molecule has 1 N–H and O–H groups in total. The number of aliphatic hydroxyl groups is 1. The van der Waals surface area contributed by atoms with E-state index in [4.69, 9.17) is 0 Å². The quantitative estimate of drug-likeness (QED) is 0.904. The van der Waals surface area contributed by atoms with E-state index >= 15 is 0 Å². The van der Waals surface area contributed by atoms with Gasteiger partial charge in [0.05, 0.1) is 9.39 Å². The van der Waals surface area contributed by atoms with Crippen LogP contribution in [0.4, 0.5) is 0 Å². The lowest BCUT2D eigenvalue weighted by molar-refractivity contribution is 0.0528. The number of hydrogen-bond donors (Lipinski definition) is 1. The van der Waals surface area contributed by atoms with Crippen molar-refractivity contribution in [2.24, 2.45) is 0 Å². The predicted octanol–water partition coefficient (Wildman–Crippen LogP) is 2.51. The van der Waals surface area contributed by atoms with Crippen molar-refractivity contribution in [1.29, 1.82) is 0 Å². The number of nitrogens with zero attached hydrogens (tertiary/aromatic N) is 1. The van der Waals surface area contributed by atoms with Crippen LogP contribution < -0.4 is 0 Å². The second-order valence-corrected chi connectivity index (χ2v) is 7.12. The number of hydrogen-bond acceptors (Lipinski definition) is 3. The summed E-state index contributed by atoms with van der Waals surface area (Å²) < 4.78 is 1.14. The Kier molecular flexibility index (Phi) is 3.22. The van der Waals surface area contributed by atoms with Crippen molar-refractivity contribution in [1.82, 2.24) is 4.90 Å². The first-order chi connectivity index (χ1) is 6.98. The molecule has 2 unspecified atom stereocenters. The Morgan fingerprint density at radius 2 is 2.40 bits per heavy atom. The lowest BCUT2D eigenvalue weighted by atomic mass is 9.96. The summed E-state index contributed by atoms with van der Waals surface area (Å²) in [6.07, 6.45) is 1.65. The van der Waals surface area contributed by atoms with E-state index in [-0.39, 0.29) is 0 Å². The topological polar surface area (TPSA) is 23.5 Å². The Morgan fingerprint density at radius 3 is 2.87 bits per heavy atom. The van der Waals surface area contributed by atoms with Gasteiger partial charge in [-0.05, 0) is 48.5 Å². The van der Waals surface area contributed by atoms with Gasteiger partial charge in [-0.15, -0.1) is 11.3 Å². The lowest BCUT2D eigenvalue weighted by Crippen LogP contribution is -2.34. The van der Waals surface area contributed by atoms with Gasteiger partial charge < -0.3 is 10.0 Å². The molecule has 0 aromatic carbocycles. The molecular weight excluding hydrogens is 274 g/mol. The fourth-order valence-corrected chi connectivity index (χ4v) is 3.91. The van der Waals surface area contributed by atoms with E-state index in [1.54, 1.807) is 11.3 Å². The number of likely N-dealkylation sites (N-methyl/N-ethyl adjacent to an activating group) is 1. The zero-order valence-corrected chi connectivity index (χ0v) is 11.4. The van der Waals surface area contributed by atoms with E-state index in [1.807, 2.05) is 6.07 Å². The number of thiophene rings is 1. The molecule has 1 saturated heterocycles. The summed E-state index contributed by atoms with van der Waals surface area (Å²) in [6.45, 7) is 2.95.